The number of hydrogen-bond donors (Lipinski definition) is 0. The summed E-state index contributed by atoms with van der Waals surface area (Å²) in [6.07, 6.45) is 1.60. The third kappa shape index (κ3) is 1.53. The molecule has 0 aromatic carbocycles. The molecule has 0 aliphatic heterocycles. The Bertz CT molecular complexity index is 438. The van der Waals surface area contributed by atoms with E-state index >= 15 is 0 Å². The smallest absolute Gasteiger partial charge is 0.133 e. The first-order chi connectivity index (χ1) is 7.58. The van der Waals surface area contributed by atoms with Crippen LogP contribution in [0.4, 0.5) is 0 Å². The van der Waals surface area contributed by atoms with Crippen molar-refractivity contribution in [3.8, 4) is 0 Å². The van der Waals surface area contributed by atoms with E-state index in [0.29, 0.717) is 29.6 Å². The van der Waals surface area contributed by atoms with Crippen LogP contribution < -0.4 is 0 Å². The largest absolute Gasteiger partial charge is 0.300 e. The summed E-state index contributed by atoms with van der Waals surface area (Å²) in [5.74, 6) is 2.31. The summed E-state index contributed by atoms with van der Waals surface area (Å²) >= 11 is 2.27. The minimum Gasteiger partial charge on any atom is -0.300 e. The molecule has 1 aromatic rings. The first kappa shape index (κ1) is 10.7. The second kappa shape index (κ2) is 3.55. The van der Waals surface area contributed by atoms with Crippen molar-refractivity contribution in [3.63, 3.8) is 0 Å². The highest BCUT2D eigenvalue weighted by Crippen LogP contribution is 2.62. The molecule has 2 unspecified atom stereocenters. The molecule has 3 rings (SSSR count). The number of ketones is 1. The summed E-state index contributed by atoms with van der Waals surface area (Å²) < 4.78 is 3.20. The number of nitrogens with zero attached hydrogens (tertiary/aromatic N) is 2. The van der Waals surface area contributed by atoms with Crippen LogP contribution in [0.25, 0.3) is 0 Å². The summed E-state index contributed by atoms with van der Waals surface area (Å²) in [4.78, 5) is 11.3. The Hall–Kier alpha value is -0.390. The summed E-state index contributed by atoms with van der Waals surface area (Å²) in [5, 5.41) is 4.54. The Balaban J connectivity index is 1.89. The molecular weight excluding hydrogens is 315 g/mol. The van der Waals surface area contributed by atoms with Gasteiger partial charge in [0.15, 0.2) is 0 Å². The van der Waals surface area contributed by atoms with Gasteiger partial charge in [0.25, 0.3) is 0 Å². The van der Waals surface area contributed by atoms with Gasteiger partial charge in [0.05, 0.1) is 0 Å². The fourth-order valence-corrected chi connectivity index (χ4v) is 3.64. The Morgan fingerprint density at radius 2 is 2.06 bits per heavy atom. The molecule has 2 aliphatic carbocycles. The van der Waals surface area contributed by atoms with Crippen LogP contribution in [0.5, 0.6) is 0 Å². The molecule has 1 heterocycles. The number of aromatic nitrogens is 2. The second-order valence-electron chi connectivity index (χ2n) is 5.23. The molecule has 2 aliphatic rings. The maximum Gasteiger partial charge on any atom is 0.133 e. The Morgan fingerprint density at radius 1 is 1.44 bits per heavy atom. The van der Waals surface area contributed by atoms with Crippen molar-refractivity contribution in [2.75, 3.05) is 0 Å². The first-order valence-corrected chi connectivity index (χ1v) is 6.92. The van der Waals surface area contributed by atoms with E-state index in [9.17, 15) is 4.79 Å². The number of carbonyl (C=O) groups excluding carboxylic acids is 1. The fraction of sp³-hybridized carbons (Fsp3) is 0.667. The molecule has 3 atom stereocenters. The lowest BCUT2D eigenvalue weighted by Crippen LogP contribution is -2.09. The zero-order chi connectivity index (χ0) is 11.4. The fourth-order valence-electron chi connectivity index (χ4n) is 3.09. The third-order valence-electron chi connectivity index (χ3n) is 3.82. The number of Topliss-reactive ketones (excluding diaryl/α,β-unsaturated/α-hetero) is 1. The van der Waals surface area contributed by atoms with Gasteiger partial charge in [-0.05, 0) is 54.3 Å². The maximum absolute atomic E-state index is 11.3. The number of carbonyl (C=O) groups is 1. The molecule has 0 N–H and O–H groups in total. The van der Waals surface area contributed by atoms with Crippen LogP contribution in [0.1, 0.15) is 44.3 Å². The van der Waals surface area contributed by atoms with Crippen LogP contribution in [-0.2, 0) is 4.79 Å². The van der Waals surface area contributed by atoms with Gasteiger partial charge < -0.3 is 0 Å². The molecule has 1 aromatic heterocycles. The predicted octanol–water partition coefficient (Wildman–Crippen LogP) is 2.76. The Labute approximate surface area is 109 Å². The molecule has 0 amide bonds. The number of hydrogen-bond acceptors (Lipinski definition) is 2. The lowest BCUT2D eigenvalue weighted by Gasteiger charge is -2.11. The average Bonchev–Trinajstić information content (AvgIpc) is 2.60. The number of fused-ring (bicyclic) bond motifs is 1. The molecule has 0 bridgehead atoms. The molecular formula is C12H15IN2O. The van der Waals surface area contributed by atoms with Crippen LogP contribution in [0.2, 0.25) is 0 Å². The van der Waals surface area contributed by atoms with Crippen molar-refractivity contribution in [1.29, 1.82) is 0 Å². The van der Waals surface area contributed by atoms with E-state index in [1.165, 1.54) is 5.69 Å². The summed E-state index contributed by atoms with van der Waals surface area (Å²) in [6, 6.07) is 2.60. The van der Waals surface area contributed by atoms with Gasteiger partial charge in [0.1, 0.15) is 9.48 Å². The molecule has 86 valence electrons. The molecule has 3 nitrogen and oxygen atoms in total. The van der Waals surface area contributed by atoms with E-state index in [-0.39, 0.29) is 0 Å². The van der Waals surface area contributed by atoms with Gasteiger partial charge in [-0.1, -0.05) is 0 Å². The van der Waals surface area contributed by atoms with Crippen molar-refractivity contribution in [2.24, 2.45) is 11.8 Å². The molecule has 2 fully saturated rings. The van der Waals surface area contributed by atoms with Gasteiger partial charge >= 0.3 is 0 Å². The zero-order valence-corrected chi connectivity index (χ0v) is 11.6. The Morgan fingerprint density at radius 3 is 2.62 bits per heavy atom. The van der Waals surface area contributed by atoms with E-state index in [2.05, 4.69) is 52.3 Å². The lowest BCUT2D eigenvalue weighted by atomic mass is 10.1. The highest BCUT2D eigenvalue weighted by molar-refractivity contribution is 14.1. The Kier molecular flexibility index (Phi) is 2.38. The minimum atomic E-state index is 0.413. The number of rotatable bonds is 2. The van der Waals surface area contributed by atoms with Crippen molar-refractivity contribution < 1.29 is 4.79 Å². The molecule has 16 heavy (non-hydrogen) atoms. The first-order valence-electron chi connectivity index (χ1n) is 5.84. The van der Waals surface area contributed by atoms with Crippen molar-refractivity contribution in [2.45, 2.75) is 38.6 Å². The van der Waals surface area contributed by atoms with Crippen LogP contribution in [-0.4, -0.2) is 15.6 Å². The molecule has 0 radical (unpaired) electrons. The molecule has 0 saturated heterocycles. The van der Waals surface area contributed by atoms with Gasteiger partial charge in [-0.2, -0.15) is 5.10 Å². The summed E-state index contributed by atoms with van der Waals surface area (Å²) in [6.45, 7) is 4.33. The predicted molar refractivity (Wildman–Crippen MR) is 69.3 cm³/mol. The molecule has 4 heteroatoms. The van der Waals surface area contributed by atoms with Gasteiger partial charge in [-0.15, -0.1) is 0 Å². The topological polar surface area (TPSA) is 34.9 Å². The molecule has 2 saturated carbocycles. The monoisotopic (exact) mass is 330 g/mol. The van der Waals surface area contributed by atoms with Crippen molar-refractivity contribution in [3.05, 3.63) is 15.5 Å². The van der Waals surface area contributed by atoms with E-state index in [1.807, 2.05) is 0 Å². The van der Waals surface area contributed by atoms with Crippen LogP contribution in [0, 0.1) is 15.5 Å². The van der Waals surface area contributed by atoms with Gasteiger partial charge in [0.2, 0.25) is 0 Å². The second-order valence-corrected chi connectivity index (χ2v) is 6.34. The highest BCUT2D eigenvalue weighted by atomic mass is 127. The minimum absolute atomic E-state index is 0.413. The van der Waals surface area contributed by atoms with E-state index in [4.69, 9.17) is 0 Å². The van der Waals surface area contributed by atoms with Gasteiger partial charge in [-0.25, -0.2) is 0 Å². The maximum atomic E-state index is 11.3. The number of halogens is 1. The van der Waals surface area contributed by atoms with Crippen LogP contribution in [0.15, 0.2) is 6.07 Å². The summed E-state index contributed by atoms with van der Waals surface area (Å²) in [5.41, 5.74) is 1.35. The van der Waals surface area contributed by atoms with Gasteiger partial charge in [-0.3, -0.25) is 9.48 Å². The average molecular weight is 330 g/mol. The normalized spacial score (nSPS) is 32.2. The van der Waals surface area contributed by atoms with Crippen LogP contribution in [0.3, 0.4) is 0 Å². The van der Waals surface area contributed by atoms with Crippen LogP contribution >= 0.6 is 22.6 Å². The standard InChI is InChI=1S/C12H15IN2O/c1-6(2)15-10(5-11(13)14-15)12-8-3-7(16)4-9(8)12/h5-6,8-9,12H,3-4H2,1-2H3/t8-,9?,12?/m0/s1. The van der Waals surface area contributed by atoms with Crippen molar-refractivity contribution in [1.82, 2.24) is 9.78 Å². The van der Waals surface area contributed by atoms with Gasteiger partial charge in [0, 0.05) is 30.5 Å². The SMILES string of the molecule is CC(C)n1nc(I)cc1C1C2CC(=O)C[C@@H]21. The highest BCUT2D eigenvalue weighted by Gasteiger charge is 2.57. The zero-order valence-electron chi connectivity index (χ0n) is 9.48. The van der Waals surface area contributed by atoms with Crippen molar-refractivity contribution >= 4 is 28.4 Å². The van der Waals surface area contributed by atoms with E-state index in [0.717, 1.165) is 16.5 Å². The molecule has 0 spiro atoms. The lowest BCUT2D eigenvalue weighted by molar-refractivity contribution is -0.118. The summed E-state index contributed by atoms with van der Waals surface area (Å²) in [7, 11) is 0. The van der Waals surface area contributed by atoms with E-state index < -0.39 is 0 Å². The third-order valence-corrected chi connectivity index (χ3v) is 4.35. The van der Waals surface area contributed by atoms with E-state index in [1.54, 1.807) is 0 Å². The quantitative estimate of drug-likeness (QED) is 0.782.